The number of amides is 4. The van der Waals surface area contributed by atoms with Crippen molar-refractivity contribution >= 4 is 29.6 Å². The molecule has 1 heterocycles. The van der Waals surface area contributed by atoms with E-state index in [2.05, 4.69) is 5.32 Å². The summed E-state index contributed by atoms with van der Waals surface area (Å²) in [5, 5.41) is 2.10. The molecule has 0 bridgehead atoms. The number of nitrogens with one attached hydrogen (secondary N) is 1. The van der Waals surface area contributed by atoms with E-state index in [1.165, 1.54) is 24.3 Å². The lowest BCUT2D eigenvalue weighted by molar-refractivity contribution is -0.122. The van der Waals surface area contributed by atoms with Gasteiger partial charge in [-0.25, -0.2) is 14.1 Å². The van der Waals surface area contributed by atoms with Gasteiger partial charge in [0.1, 0.15) is 17.1 Å². The molecular formula is C20H17FN2O4. The van der Waals surface area contributed by atoms with Crippen LogP contribution in [-0.4, -0.2) is 23.9 Å². The van der Waals surface area contributed by atoms with Gasteiger partial charge in [-0.15, -0.1) is 0 Å². The number of carbonyl (C=O) groups excluding carboxylic acids is 3. The van der Waals surface area contributed by atoms with Crippen LogP contribution in [0.2, 0.25) is 0 Å². The summed E-state index contributed by atoms with van der Waals surface area (Å²) < 4.78 is 19.2. The minimum absolute atomic E-state index is 0.0302. The Kier molecular flexibility index (Phi) is 5.03. The summed E-state index contributed by atoms with van der Waals surface area (Å²) in [5.74, 6) is -1.77. The minimum Gasteiger partial charge on any atom is -0.490 e. The van der Waals surface area contributed by atoms with Crippen LogP contribution in [0.3, 0.4) is 0 Å². The maximum atomic E-state index is 13.5. The molecule has 0 saturated carbocycles. The van der Waals surface area contributed by atoms with E-state index in [-0.39, 0.29) is 17.4 Å². The number of para-hydroxylation sites is 1. The second-order valence-corrected chi connectivity index (χ2v) is 6.14. The Labute approximate surface area is 155 Å². The Morgan fingerprint density at radius 2 is 1.81 bits per heavy atom. The molecule has 0 aromatic heterocycles. The highest BCUT2D eigenvalue weighted by atomic mass is 19.1. The summed E-state index contributed by atoms with van der Waals surface area (Å²) in [7, 11) is 0. The van der Waals surface area contributed by atoms with Crippen molar-refractivity contribution in [3.8, 4) is 5.75 Å². The zero-order valence-electron chi connectivity index (χ0n) is 14.7. The molecule has 27 heavy (non-hydrogen) atoms. The summed E-state index contributed by atoms with van der Waals surface area (Å²) in [4.78, 5) is 37.9. The first kappa shape index (κ1) is 18.3. The van der Waals surface area contributed by atoms with Crippen molar-refractivity contribution in [3.63, 3.8) is 0 Å². The molecule has 1 aliphatic heterocycles. The highest BCUT2D eigenvalue weighted by molar-refractivity contribution is 6.39. The maximum Gasteiger partial charge on any atom is 0.335 e. The monoisotopic (exact) mass is 368 g/mol. The van der Waals surface area contributed by atoms with Gasteiger partial charge in [-0.3, -0.25) is 14.9 Å². The number of barbiturate groups is 1. The molecule has 1 fully saturated rings. The number of hydrogen-bond acceptors (Lipinski definition) is 4. The molecule has 0 aliphatic carbocycles. The van der Waals surface area contributed by atoms with E-state index in [9.17, 15) is 18.8 Å². The highest BCUT2D eigenvalue weighted by Crippen LogP contribution is 2.26. The molecule has 0 unspecified atom stereocenters. The van der Waals surface area contributed by atoms with E-state index in [4.69, 9.17) is 4.74 Å². The molecule has 138 valence electrons. The number of imide groups is 2. The van der Waals surface area contributed by atoms with Crippen LogP contribution in [0, 0.1) is 5.82 Å². The smallest absolute Gasteiger partial charge is 0.335 e. The van der Waals surface area contributed by atoms with Crippen LogP contribution in [0.15, 0.2) is 54.1 Å². The van der Waals surface area contributed by atoms with Gasteiger partial charge in [0.25, 0.3) is 11.8 Å². The van der Waals surface area contributed by atoms with Gasteiger partial charge in [-0.05, 0) is 44.2 Å². The van der Waals surface area contributed by atoms with E-state index in [1.807, 2.05) is 13.8 Å². The van der Waals surface area contributed by atoms with Gasteiger partial charge in [0.2, 0.25) is 0 Å². The minimum atomic E-state index is -0.931. The van der Waals surface area contributed by atoms with Crippen molar-refractivity contribution in [2.24, 2.45) is 0 Å². The summed E-state index contributed by atoms with van der Waals surface area (Å²) in [6.45, 7) is 3.71. The summed E-state index contributed by atoms with van der Waals surface area (Å²) >= 11 is 0. The fourth-order valence-corrected chi connectivity index (χ4v) is 2.62. The molecule has 0 atom stereocenters. The predicted octanol–water partition coefficient (Wildman–Crippen LogP) is 3.28. The van der Waals surface area contributed by atoms with E-state index in [1.54, 1.807) is 24.3 Å². The van der Waals surface area contributed by atoms with E-state index < -0.39 is 23.7 Å². The third-order valence-corrected chi connectivity index (χ3v) is 3.75. The van der Waals surface area contributed by atoms with Gasteiger partial charge >= 0.3 is 6.03 Å². The van der Waals surface area contributed by atoms with Gasteiger partial charge in [-0.2, -0.15) is 0 Å². The van der Waals surface area contributed by atoms with Crippen LogP contribution in [-0.2, 0) is 9.59 Å². The number of nitrogens with zero attached hydrogens (tertiary/aromatic N) is 1. The molecule has 1 aliphatic rings. The van der Waals surface area contributed by atoms with Gasteiger partial charge in [0.05, 0.1) is 11.8 Å². The van der Waals surface area contributed by atoms with E-state index in [0.29, 0.717) is 11.3 Å². The first-order valence-corrected chi connectivity index (χ1v) is 8.29. The van der Waals surface area contributed by atoms with Gasteiger partial charge in [-0.1, -0.05) is 24.3 Å². The number of urea groups is 1. The Morgan fingerprint density at radius 1 is 1.07 bits per heavy atom. The fraction of sp³-hybridized carbons (Fsp3) is 0.150. The predicted molar refractivity (Wildman–Crippen MR) is 97.6 cm³/mol. The average molecular weight is 368 g/mol. The van der Waals surface area contributed by atoms with Crippen LogP contribution in [0.25, 0.3) is 6.08 Å². The van der Waals surface area contributed by atoms with Crippen LogP contribution < -0.4 is 15.0 Å². The van der Waals surface area contributed by atoms with Crippen molar-refractivity contribution in [2.75, 3.05) is 4.90 Å². The molecule has 2 aromatic carbocycles. The zero-order chi connectivity index (χ0) is 19.6. The average Bonchev–Trinajstić information content (AvgIpc) is 2.59. The molecule has 1 saturated heterocycles. The largest absolute Gasteiger partial charge is 0.490 e. The maximum absolute atomic E-state index is 13.5. The Bertz CT molecular complexity index is 953. The van der Waals surface area contributed by atoms with Crippen LogP contribution in [0.1, 0.15) is 19.4 Å². The summed E-state index contributed by atoms with van der Waals surface area (Å²) in [5.41, 5.74) is 0.291. The summed E-state index contributed by atoms with van der Waals surface area (Å²) in [6, 6.07) is 11.0. The Balaban J connectivity index is 2.03. The molecule has 7 heteroatoms. The molecule has 1 N–H and O–H groups in total. The fourth-order valence-electron chi connectivity index (χ4n) is 2.62. The first-order chi connectivity index (χ1) is 12.9. The Morgan fingerprint density at radius 3 is 2.52 bits per heavy atom. The molecule has 0 spiro atoms. The highest BCUT2D eigenvalue weighted by Gasteiger charge is 2.37. The molecule has 0 radical (unpaired) electrons. The second-order valence-electron chi connectivity index (χ2n) is 6.14. The number of ether oxygens (including phenoxy) is 1. The number of hydrogen-bond donors (Lipinski definition) is 1. The quantitative estimate of drug-likeness (QED) is 0.664. The summed E-state index contributed by atoms with van der Waals surface area (Å²) in [6.07, 6.45) is 1.25. The molecule has 3 rings (SSSR count). The molecule has 2 aromatic rings. The second kappa shape index (κ2) is 7.41. The topological polar surface area (TPSA) is 75.7 Å². The third-order valence-electron chi connectivity index (χ3n) is 3.75. The lowest BCUT2D eigenvalue weighted by Gasteiger charge is -2.26. The van der Waals surface area contributed by atoms with E-state index in [0.717, 1.165) is 11.0 Å². The van der Waals surface area contributed by atoms with Crippen molar-refractivity contribution in [2.45, 2.75) is 20.0 Å². The Hall–Kier alpha value is -3.48. The first-order valence-electron chi connectivity index (χ1n) is 8.29. The number of benzene rings is 2. The number of rotatable bonds is 4. The molecule has 4 amide bonds. The SMILES string of the molecule is CC(C)Oc1ccccc1/C=C1\C(=O)NC(=O)N(c2cccc(F)c2)C1=O. The van der Waals surface area contributed by atoms with Crippen molar-refractivity contribution in [1.29, 1.82) is 0 Å². The standard InChI is InChI=1S/C20H17FN2O4/c1-12(2)27-17-9-4-3-6-13(17)10-16-18(24)22-20(26)23(19(16)25)15-8-5-7-14(21)11-15/h3-12H,1-2H3,(H,22,24,26)/b16-10+. The molecular weight excluding hydrogens is 351 g/mol. The van der Waals surface area contributed by atoms with Crippen molar-refractivity contribution in [1.82, 2.24) is 5.32 Å². The van der Waals surface area contributed by atoms with Gasteiger partial charge in [0, 0.05) is 5.56 Å². The van der Waals surface area contributed by atoms with Crippen molar-refractivity contribution in [3.05, 3.63) is 65.5 Å². The third kappa shape index (κ3) is 3.87. The number of carbonyl (C=O) groups is 3. The zero-order valence-corrected chi connectivity index (χ0v) is 14.7. The lowest BCUT2D eigenvalue weighted by Crippen LogP contribution is -2.54. The number of halogens is 1. The van der Waals surface area contributed by atoms with Crippen LogP contribution in [0.4, 0.5) is 14.9 Å². The number of anilines is 1. The van der Waals surface area contributed by atoms with Crippen molar-refractivity contribution < 1.29 is 23.5 Å². The van der Waals surface area contributed by atoms with E-state index >= 15 is 0 Å². The molecule has 6 nitrogen and oxygen atoms in total. The lowest BCUT2D eigenvalue weighted by atomic mass is 10.1. The van der Waals surface area contributed by atoms with Crippen LogP contribution in [0.5, 0.6) is 5.75 Å². The van der Waals surface area contributed by atoms with Gasteiger partial charge < -0.3 is 4.74 Å². The van der Waals surface area contributed by atoms with Crippen LogP contribution >= 0.6 is 0 Å². The van der Waals surface area contributed by atoms with Gasteiger partial charge in [0.15, 0.2) is 0 Å². The normalized spacial score (nSPS) is 16.1.